The molecule has 0 unspecified atom stereocenters. The van der Waals surface area contributed by atoms with Gasteiger partial charge in [0.25, 0.3) is 11.7 Å². The second kappa shape index (κ2) is 3.28. The molecule has 1 aliphatic heterocycles. The third kappa shape index (κ3) is 1.64. The number of nitrogens with zero attached hydrogens (tertiary/aromatic N) is 2. The van der Waals surface area contributed by atoms with Crippen molar-refractivity contribution in [2.75, 3.05) is 0 Å². The van der Waals surface area contributed by atoms with Crippen molar-refractivity contribution in [2.45, 2.75) is 0 Å². The number of rotatable bonds is 1. The van der Waals surface area contributed by atoms with E-state index in [0.29, 0.717) is 5.12 Å². The Labute approximate surface area is 71.7 Å². The third-order valence-electron chi connectivity index (χ3n) is 0.886. The smallest absolute Gasteiger partial charge is 0.260 e. The van der Waals surface area contributed by atoms with Crippen LogP contribution < -0.4 is 17.1 Å². The third-order valence-corrected chi connectivity index (χ3v) is 0.886. The summed E-state index contributed by atoms with van der Waals surface area (Å²) in [6.07, 6.45) is 0. The van der Waals surface area contributed by atoms with E-state index < -0.39 is 5.03 Å². The molecule has 0 saturated carbocycles. The number of hydrogen-bond acceptors (Lipinski definition) is 6. The summed E-state index contributed by atoms with van der Waals surface area (Å²) in [4.78, 5) is 14.3. The monoisotopic (exact) mass is 210 g/mol. The number of nitro groups is 1. The summed E-state index contributed by atoms with van der Waals surface area (Å²) in [5, 5.41) is 9.55. The summed E-state index contributed by atoms with van der Waals surface area (Å²) in [5.74, 6) is -0.471. The molecule has 0 fully saturated rings. The van der Waals surface area contributed by atoms with Gasteiger partial charge in [-0.05, 0) is 5.59 Å². The zero-order chi connectivity index (χ0) is 7.72. The molecule has 1 aliphatic rings. The first kappa shape index (κ1) is 9.82. The Morgan fingerprint density at radius 1 is 1.64 bits per heavy atom. The maximum absolute atomic E-state index is 9.98. The van der Waals surface area contributed by atoms with E-state index in [2.05, 4.69) is 4.84 Å². The summed E-state index contributed by atoms with van der Waals surface area (Å²) >= 11 is 0. The number of nitrogens with two attached hydrogens (primary N) is 2. The van der Waals surface area contributed by atoms with Crippen LogP contribution in [0.3, 0.4) is 0 Å². The molecule has 1 heterocycles. The Balaban J connectivity index is 0.000001000. The van der Waals surface area contributed by atoms with Crippen molar-refractivity contribution < 1.29 is 26.9 Å². The van der Waals surface area contributed by atoms with Crippen LogP contribution in [0.1, 0.15) is 0 Å². The Bertz CT molecular complexity index is 204. The van der Waals surface area contributed by atoms with Crippen molar-refractivity contribution >= 4 is 0 Å². The van der Waals surface area contributed by atoms with Crippen LogP contribution in [0, 0.1) is 10.1 Å². The first-order chi connectivity index (χ1) is 4.63. The van der Waals surface area contributed by atoms with E-state index in [1.807, 2.05) is 5.59 Å². The number of hydrazine groups is 2. The summed E-state index contributed by atoms with van der Waals surface area (Å²) in [6.45, 7) is 0. The van der Waals surface area contributed by atoms with Crippen LogP contribution in [0.15, 0.2) is 11.7 Å². The largest absolute Gasteiger partial charge is 0.375 e. The molecule has 11 heavy (non-hydrogen) atoms. The molecule has 0 aromatic heterocycles. The predicted molar refractivity (Wildman–Crippen MR) is 28.5 cm³/mol. The normalized spacial score (nSPS) is 15.8. The molecule has 0 saturated heterocycles. The second-order valence-electron chi connectivity index (χ2n) is 1.49. The molecule has 8 nitrogen and oxygen atoms in total. The van der Waals surface area contributed by atoms with Gasteiger partial charge in [-0.15, -0.1) is 0 Å². The van der Waals surface area contributed by atoms with Crippen LogP contribution in [0.25, 0.3) is 0 Å². The van der Waals surface area contributed by atoms with Gasteiger partial charge in [-0.3, -0.25) is 0 Å². The molecular formula is C2H5CuN5O3. The van der Waals surface area contributed by atoms with Gasteiger partial charge in [-0.1, -0.05) is 0 Å². The van der Waals surface area contributed by atoms with Gasteiger partial charge in [-0.2, -0.15) is 0 Å². The first-order valence-corrected chi connectivity index (χ1v) is 2.25. The molecule has 0 aromatic rings. The van der Waals surface area contributed by atoms with Crippen molar-refractivity contribution in [3.63, 3.8) is 0 Å². The average molecular weight is 211 g/mol. The van der Waals surface area contributed by atoms with Gasteiger partial charge in [0.05, 0.1) is 0 Å². The van der Waals surface area contributed by atoms with E-state index in [9.17, 15) is 10.1 Å². The van der Waals surface area contributed by atoms with Crippen LogP contribution in [-0.2, 0) is 21.9 Å². The summed E-state index contributed by atoms with van der Waals surface area (Å²) in [6, 6.07) is 0. The zero-order valence-electron chi connectivity index (χ0n) is 5.08. The van der Waals surface area contributed by atoms with Gasteiger partial charge in [-0.25, -0.2) is 10.1 Å². The second-order valence-corrected chi connectivity index (χ2v) is 1.49. The number of nitrogens with one attached hydrogen (secondary N) is 1. The standard InChI is InChI=1S/C2H5N5O3.Cu/c3-1-2(4)10-5-6(1)7(8)9;/h5H,3-4H2;. The molecule has 5 N–H and O–H groups in total. The van der Waals surface area contributed by atoms with Gasteiger partial charge in [0.2, 0.25) is 0 Å². The van der Waals surface area contributed by atoms with Gasteiger partial charge in [0.15, 0.2) is 5.03 Å². The van der Waals surface area contributed by atoms with Crippen LogP contribution in [0.4, 0.5) is 0 Å². The molecule has 0 atom stereocenters. The SMILES string of the molecule is NC1=C(N)N([N+](=O)[O-])NO1.[Cu]. The van der Waals surface area contributed by atoms with E-state index in [1.165, 1.54) is 0 Å². The Morgan fingerprint density at radius 2 is 2.18 bits per heavy atom. The molecule has 0 aromatic carbocycles. The van der Waals surface area contributed by atoms with Crippen molar-refractivity contribution in [3.8, 4) is 0 Å². The maximum Gasteiger partial charge on any atom is 0.260 e. The van der Waals surface area contributed by atoms with E-state index in [-0.39, 0.29) is 28.8 Å². The molecule has 0 spiro atoms. The minimum absolute atomic E-state index is 0. The predicted octanol–water partition coefficient (Wildman–Crippen LogP) is -2.03. The van der Waals surface area contributed by atoms with Crippen molar-refractivity contribution in [2.24, 2.45) is 11.5 Å². The molecular weight excluding hydrogens is 206 g/mol. The fraction of sp³-hybridized carbons (Fsp3) is 0. The molecule has 0 amide bonds. The van der Waals surface area contributed by atoms with Crippen LogP contribution in [0.2, 0.25) is 0 Å². The van der Waals surface area contributed by atoms with Gasteiger partial charge < -0.3 is 16.3 Å². The molecule has 0 bridgehead atoms. The van der Waals surface area contributed by atoms with Crippen LogP contribution in [0.5, 0.6) is 0 Å². The van der Waals surface area contributed by atoms with Gasteiger partial charge >= 0.3 is 0 Å². The van der Waals surface area contributed by atoms with Crippen LogP contribution in [-0.4, -0.2) is 10.2 Å². The number of hydrogen-bond donors (Lipinski definition) is 3. The summed E-state index contributed by atoms with van der Waals surface area (Å²) in [7, 11) is 0. The average Bonchev–Trinajstić information content (AvgIpc) is 2.14. The van der Waals surface area contributed by atoms with Gasteiger partial charge in [0, 0.05) is 22.2 Å². The molecule has 0 aliphatic carbocycles. The topological polar surface area (TPSA) is 120 Å². The van der Waals surface area contributed by atoms with Crippen molar-refractivity contribution in [3.05, 3.63) is 21.8 Å². The molecule has 1 rings (SSSR count). The Hall–Kier alpha value is -1.18. The molecule has 1 radical (unpaired) electrons. The fourth-order valence-corrected chi connectivity index (χ4v) is 0.420. The fourth-order valence-electron chi connectivity index (χ4n) is 0.420. The minimum atomic E-state index is -0.796. The Morgan fingerprint density at radius 3 is 2.36 bits per heavy atom. The zero-order valence-corrected chi connectivity index (χ0v) is 6.02. The van der Waals surface area contributed by atoms with Crippen LogP contribution >= 0.6 is 0 Å². The summed E-state index contributed by atoms with van der Waals surface area (Å²) < 4.78 is 0. The van der Waals surface area contributed by atoms with Crippen molar-refractivity contribution in [1.29, 1.82) is 0 Å². The summed E-state index contributed by atoms with van der Waals surface area (Å²) in [5.41, 5.74) is 12.0. The first-order valence-electron chi connectivity index (χ1n) is 2.25. The van der Waals surface area contributed by atoms with Crippen molar-refractivity contribution in [1.82, 2.24) is 10.7 Å². The van der Waals surface area contributed by atoms with E-state index in [1.54, 1.807) is 0 Å². The maximum atomic E-state index is 9.98. The molecule has 67 valence electrons. The van der Waals surface area contributed by atoms with E-state index >= 15 is 0 Å². The molecule has 9 heteroatoms. The van der Waals surface area contributed by atoms with E-state index in [4.69, 9.17) is 11.5 Å². The Kier molecular flexibility index (Phi) is 2.93. The van der Waals surface area contributed by atoms with E-state index in [0.717, 1.165) is 0 Å². The van der Waals surface area contributed by atoms with Gasteiger partial charge in [0.1, 0.15) is 0 Å². The minimum Gasteiger partial charge on any atom is -0.375 e. The quantitative estimate of drug-likeness (QED) is 0.259.